The van der Waals surface area contributed by atoms with E-state index in [4.69, 9.17) is 14.4 Å². The molecule has 0 aliphatic rings. The lowest BCUT2D eigenvalue weighted by Crippen LogP contribution is -1.97. The van der Waals surface area contributed by atoms with Crippen LogP contribution in [0.4, 0.5) is 0 Å². The highest BCUT2D eigenvalue weighted by atomic mass is 16.3. The molecule has 0 atom stereocenters. The molecule has 0 saturated heterocycles. The number of benzene rings is 11. The summed E-state index contributed by atoms with van der Waals surface area (Å²) in [5.41, 5.74) is 11.2. The monoisotopic (exact) mass is 800 g/mol. The fourth-order valence-electron chi connectivity index (χ4n) is 10.0. The lowest BCUT2D eigenvalue weighted by atomic mass is 9.90. The maximum absolute atomic E-state index is 7.05. The molecule has 2 heterocycles. The first kappa shape index (κ1) is 35.4. The third-order valence-electron chi connectivity index (χ3n) is 12.9. The molecule has 0 N–H and O–H groups in total. The van der Waals surface area contributed by atoms with Gasteiger partial charge in [0.25, 0.3) is 0 Å². The topological polar surface area (TPSA) is 38.9 Å². The molecule has 2 aromatic heterocycles. The predicted octanol–water partition coefficient (Wildman–Crippen LogP) is 16.5. The number of furan rings is 1. The lowest BCUT2D eigenvalue weighted by Gasteiger charge is -2.14. The first-order chi connectivity index (χ1) is 31.2. The molecule has 0 spiro atoms. The Bertz CT molecular complexity index is 3920. The number of nitrogens with zero attached hydrogens (tertiary/aromatic N) is 2. The van der Waals surface area contributed by atoms with Crippen molar-refractivity contribution in [1.82, 2.24) is 9.97 Å². The van der Waals surface area contributed by atoms with Crippen molar-refractivity contribution >= 4 is 75.8 Å². The maximum atomic E-state index is 7.05. The first-order valence-corrected chi connectivity index (χ1v) is 21.5. The van der Waals surface area contributed by atoms with Gasteiger partial charge < -0.3 is 4.42 Å². The highest BCUT2D eigenvalue weighted by molar-refractivity contribution is 6.34. The summed E-state index contributed by atoms with van der Waals surface area (Å²) in [5.74, 6) is 0.694. The summed E-state index contributed by atoms with van der Waals surface area (Å²) in [5, 5.41) is 14.1. The van der Waals surface area contributed by atoms with Crippen LogP contribution in [0, 0.1) is 0 Å². The van der Waals surface area contributed by atoms with E-state index >= 15 is 0 Å². The zero-order valence-electron chi connectivity index (χ0n) is 34.1. The summed E-state index contributed by atoms with van der Waals surface area (Å²) >= 11 is 0. The average molecular weight is 801 g/mol. The Morgan fingerprint density at radius 1 is 0.302 bits per heavy atom. The minimum absolute atomic E-state index is 0.694. The molecule has 0 saturated carbocycles. The van der Waals surface area contributed by atoms with E-state index in [2.05, 4.69) is 218 Å². The average Bonchev–Trinajstić information content (AvgIpc) is 3.74. The van der Waals surface area contributed by atoms with E-state index in [1.165, 1.54) is 32.3 Å². The minimum Gasteiger partial charge on any atom is -0.455 e. The van der Waals surface area contributed by atoms with E-state index in [1.807, 2.05) is 0 Å². The smallest absolute Gasteiger partial charge is 0.161 e. The molecule has 3 heteroatoms. The van der Waals surface area contributed by atoms with Crippen molar-refractivity contribution < 1.29 is 4.42 Å². The van der Waals surface area contributed by atoms with Crippen LogP contribution in [0.2, 0.25) is 0 Å². The van der Waals surface area contributed by atoms with Crippen molar-refractivity contribution in [2.24, 2.45) is 0 Å². The number of rotatable bonds is 5. The quantitative estimate of drug-likeness (QED) is 0.163. The van der Waals surface area contributed by atoms with Gasteiger partial charge in [0.1, 0.15) is 11.2 Å². The van der Waals surface area contributed by atoms with Gasteiger partial charge in [0.2, 0.25) is 0 Å². The van der Waals surface area contributed by atoms with Crippen molar-refractivity contribution in [2.45, 2.75) is 0 Å². The molecule has 11 aromatic carbocycles. The van der Waals surface area contributed by atoms with E-state index in [0.29, 0.717) is 5.82 Å². The molecule has 3 nitrogen and oxygen atoms in total. The summed E-state index contributed by atoms with van der Waals surface area (Å²) in [7, 11) is 0. The van der Waals surface area contributed by atoms with Gasteiger partial charge in [0, 0.05) is 38.4 Å². The van der Waals surface area contributed by atoms with Gasteiger partial charge in [0.05, 0.1) is 11.4 Å². The van der Waals surface area contributed by atoms with Crippen LogP contribution in [0.5, 0.6) is 0 Å². The van der Waals surface area contributed by atoms with Crippen molar-refractivity contribution in [2.75, 3.05) is 0 Å². The molecule has 292 valence electrons. The van der Waals surface area contributed by atoms with Gasteiger partial charge in [-0.2, -0.15) is 0 Å². The Labute approximate surface area is 363 Å². The highest BCUT2D eigenvalue weighted by Crippen LogP contribution is 2.47. The first-order valence-electron chi connectivity index (χ1n) is 21.5. The van der Waals surface area contributed by atoms with E-state index in [0.717, 1.165) is 93.8 Å². The normalized spacial score (nSPS) is 11.8. The third kappa shape index (κ3) is 5.60. The summed E-state index contributed by atoms with van der Waals surface area (Å²) in [4.78, 5) is 10.7. The second-order valence-electron chi connectivity index (χ2n) is 16.4. The Kier molecular flexibility index (Phi) is 7.91. The van der Waals surface area contributed by atoms with Gasteiger partial charge in [0.15, 0.2) is 5.82 Å². The van der Waals surface area contributed by atoms with Crippen molar-refractivity contribution in [3.63, 3.8) is 0 Å². The molecule has 63 heavy (non-hydrogen) atoms. The molecule has 0 aliphatic heterocycles. The molecule has 0 unspecified atom stereocenters. The minimum atomic E-state index is 0.694. The van der Waals surface area contributed by atoms with Crippen LogP contribution >= 0.6 is 0 Å². The van der Waals surface area contributed by atoms with Crippen molar-refractivity contribution in [1.29, 1.82) is 0 Å². The fourth-order valence-corrected chi connectivity index (χ4v) is 10.0. The summed E-state index contributed by atoms with van der Waals surface area (Å²) in [6, 6.07) is 77.8. The second-order valence-corrected chi connectivity index (χ2v) is 16.4. The Hall–Kier alpha value is -8.40. The SMILES string of the molecule is c1ccc(-c2ccccc2-c2cc(-c3ccc(-c4c5ccccc5cc5oc6c(ccc7c8ccccc8c8ccccc8c76)c45)cc3)nc(-c3cccc4ccccc34)n2)cc1. The highest BCUT2D eigenvalue weighted by Gasteiger charge is 2.21. The Balaban J connectivity index is 1.02. The van der Waals surface area contributed by atoms with Gasteiger partial charge in [-0.15, -0.1) is 0 Å². The van der Waals surface area contributed by atoms with Gasteiger partial charge >= 0.3 is 0 Å². The standard InChI is InChI=1S/C60H36N2O/c1-2-15-37(16-3-1)42-20-8-12-26-48(42)54-36-53(61-60(62-54)51-28-14-19-38-17-4-6-21-43(38)51)39-29-31-40(32-30-39)56-44-22-7-5-18-41(44)35-55-58(56)52-34-33-50-47-25-10-9-23-45(47)46-24-11-13-27-49(46)57(50)59(52)63-55/h1-36H. The van der Waals surface area contributed by atoms with Crippen LogP contribution in [0.25, 0.3) is 132 Å². The van der Waals surface area contributed by atoms with Crippen LogP contribution in [-0.2, 0) is 0 Å². The van der Waals surface area contributed by atoms with Crippen LogP contribution in [0.1, 0.15) is 0 Å². The number of aromatic nitrogens is 2. The summed E-state index contributed by atoms with van der Waals surface area (Å²) < 4.78 is 7.05. The largest absolute Gasteiger partial charge is 0.455 e. The second kappa shape index (κ2) is 14.1. The molecule has 0 aliphatic carbocycles. The van der Waals surface area contributed by atoms with Crippen molar-refractivity contribution in [3.05, 3.63) is 218 Å². The van der Waals surface area contributed by atoms with E-state index in [9.17, 15) is 0 Å². The van der Waals surface area contributed by atoms with E-state index < -0.39 is 0 Å². The predicted molar refractivity (Wildman–Crippen MR) is 264 cm³/mol. The lowest BCUT2D eigenvalue weighted by molar-refractivity contribution is 0.673. The van der Waals surface area contributed by atoms with Gasteiger partial charge in [-0.05, 0) is 83.4 Å². The van der Waals surface area contributed by atoms with E-state index in [-0.39, 0.29) is 0 Å². The van der Waals surface area contributed by atoms with Crippen LogP contribution in [0.15, 0.2) is 223 Å². The molecule has 13 aromatic rings. The van der Waals surface area contributed by atoms with E-state index in [1.54, 1.807) is 0 Å². The van der Waals surface area contributed by atoms with Crippen LogP contribution in [0.3, 0.4) is 0 Å². The zero-order valence-corrected chi connectivity index (χ0v) is 34.1. The van der Waals surface area contributed by atoms with Crippen molar-refractivity contribution in [3.8, 4) is 56.2 Å². The fraction of sp³-hybridized carbons (Fsp3) is 0. The number of fused-ring (bicyclic) bond motifs is 12. The van der Waals surface area contributed by atoms with Gasteiger partial charge in [-0.3, -0.25) is 0 Å². The molecule has 0 fully saturated rings. The Morgan fingerprint density at radius 3 is 1.62 bits per heavy atom. The van der Waals surface area contributed by atoms with Crippen LogP contribution in [-0.4, -0.2) is 9.97 Å². The molecular weight excluding hydrogens is 765 g/mol. The third-order valence-corrected chi connectivity index (χ3v) is 12.9. The number of hydrogen-bond donors (Lipinski definition) is 0. The molecule has 0 bridgehead atoms. The number of hydrogen-bond acceptors (Lipinski definition) is 3. The zero-order chi connectivity index (χ0) is 41.4. The summed E-state index contributed by atoms with van der Waals surface area (Å²) in [6.07, 6.45) is 0. The van der Waals surface area contributed by atoms with Crippen LogP contribution < -0.4 is 0 Å². The molecule has 13 rings (SSSR count). The summed E-state index contributed by atoms with van der Waals surface area (Å²) in [6.45, 7) is 0. The molecule has 0 amide bonds. The van der Waals surface area contributed by atoms with Gasteiger partial charge in [-0.25, -0.2) is 9.97 Å². The maximum Gasteiger partial charge on any atom is 0.161 e. The molecule has 0 radical (unpaired) electrons. The molecular formula is C60H36N2O. The Morgan fingerprint density at radius 2 is 0.841 bits per heavy atom. The van der Waals surface area contributed by atoms with Gasteiger partial charge in [-0.1, -0.05) is 200 Å².